The Balaban J connectivity index is 1.44. The number of nitrogens with one attached hydrogen (secondary N) is 1. The molecule has 0 spiro atoms. The normalized spacial score (nSPS) is 17.3. The van der Waals surface area contributed by atoms with Gasteiger partial charge in [0.1, 0.15) is 11.5 Å². The second-order valence-corrected chi connectivity index (χ2v) is 7.94. The Morgan fingerprint density at radius 3 is 2.85 bits per heavy atom. The molecule has 5 nitrogen and oxygen atoms in total. The third kappa shape index (κ3) is 4.75. The van der Waals surface area contributed by atoms with Crippen molar-refractivity contribution in [3.8, 4) is 0 Å². The maximum atomic E-state index is 12.7. The number of thiophene rings is 1. The lowest BCUT2D eigenvalue weighted by Gasteiger charge is -2.32. The van der Waals surface area contributed by atoms with E-state index in [1.54, 1.807) is 0 Å². The van der Waals surface area contributed by atoms with Gasteiger partial charge in [-0.25, -0.2) is 0 Å². The molecule has 1 aliphatic rings. The van der Waals surface area contributed by atoms with Crippen LogP contribution in [0.3, 0.4) is 0 Å². The molecule has 1 fully saturated rings. The molecule has 140 valence electrons. The maximum Gasteiger partial charge on any atom is 0.264 e. The van der Waals surface area contributed by atoms with Gasteiger partial charge >= 0.3 is 0 Å². The van der Waals surface area contributed by atoms with Crippen LogP contribution in [0, 0.1) is 19.8 Å². The molecule has 3 rings (SSSR count). The molecule has 3 heterocycles. The zero-order chi connectivity index (χ0) is 18.5. The average Bonchev–Trinajstić information content (AvgIpc) is 3.26. The SMILES string of the molecule is Cc1ccc(CNC(=O)CC[C@@H]2CCCN(C(=O)c3sccc3C)C2)o1. The largest absolute Gasteiger partial charge is 0.465 e. The van der Waals surface area contributed by atoms with Crippen LogP contribution < -0.4 is 5.32 Å². The van der Waals surface area contributed by atoms with E-state index in [4.69, 9.17) is 4.42 Å². The van der Waals surface area contributed by atoms with Crippen molar-refractivity contribution >= 4 is 23.2 Å². The topological polar surface area (TPSA) is 62.6 Å². The van der Waals surface area contributed by atoms with Crippen LogP contribution in [0.4, 0.5) is 0 Å². The first-order valence-electron chi connectivity index (χ1n) is 9.18. The summed E-state index contributed by atoms with van der Waals surface area (Å²) < 4.78 is 5.46. The molecule has 0 saturated carbocycles. The summed E-state index contributed by atoms with van der Waals surface area (Å²) in [6.45, 7) is 5.87. The molecule has 0 radical (unpaired) electrons. The number of carbonyl (C=O) groups is 2. The average molecular weight is 375 g/mol. The summed E-state index contributed by atoms with van der Waals surface area (Å²) in [6, 6.07) is 5.77. The van der Waals surface area contributed by atoms with Crippen LogP contribution in [-0.4, -0.2) is 29.8 Å². The Labute approximate surface area is 158 Å². The molecule has 0 aromatic carbocycles. The molecule has 26 heavy (non-hydrogen) atoms. The minimum atomic E-state index is 0.0385. The summed E-state index contributed by atoms with van der Waals surface area (Å²) >= 11 is 1.51. The number of rotatable bonds is 6. The van der Waals surface area contributed by atoms with Gasteiger partial charge in [-0.2, -0.15) is 0 Å². The number of hydrogen-bond acceptors (Lipinski definition) is 4. The first-order chi connectivity index (χ1) is 12.5. The standard InChI is InChI=1S/C20H26N2O3S/c1-14-9-11-26-19(14)20(24)22-10-3-4-16(13-22)6-8-18(23)21-12-17-7-5-15(2)25-17/h5,7,9,11,16H,3-4,6,8,10,12-13H2,1-2H3,(H,21,23)/t16-/m0/s1. The number of carbonyl (C=O) groups excluding carboxylic acids is 2. The quantitative estimate of drug-likeness (QED) is 0.834. The van der Waals surface area contributed by atoms with Gasteiger partial charge in [0.05, 0.1) is 11.4 Å². The van der Waals surface area contributed by atoms with E-state index in [0.29, 0.717) is 18.9 Å². The second kappa shape index (κ2) is 8.54. The summed E-state index contributed by atoms with van der Waals surface area (Å²) in [5.74, 6) is 2.19. The molecular weight excluding hydrogens is 348 g/mol. The fourth-order valence-corrected chi connectivity index (χ4v) is 4.30. The maximum absolute atomic E-state index is 12.7. The van der Waals surface area contributed by atoms with Crippen LogP contribution in [0.1, 0.15) is 52.4 Å². The predicted octanol–water partition coefficient (Wildman–Crippen LogP) is 3.91. The predicted molar refractivity (Wildman–Crippen MR) is 102 cm³/mol. The lowest BCUT2D eigenvalue weighted by atomic mass is 9.93. The van der Waals surface area contributed by atoms with Crippen molar-refractivity contribution in [3.63, 3.8) is 0 Å². The van der Waals surface area contributed by atoms with Gasteiger partial charge in [-0.3, -0.25) is 9.59 Å². The summed E-state index contributed by atoms with van der Waals surface area (Å²) in [5.41, 5.74) is 1.05. The Morgan fingerprint density at radius 2 is 2.15 bits per heavy atom. The van der Waals surface area contributed by atoms with E-state index in [9.17, 15) is 9.59 Å². The molecule has 1 atom stereocenters. The molecule has 6 heteroatoms. The van der Waals surface area contributed by atoms with Crippen LogP contribution in [-0.2, 0) is 11.3 Å². The van der Waals surface area contributed by atoms with Crippen molar-refractivity contribution in [2.45, 2.75) is 46.1 Å². The Morgan fingerprint density at radius 1 is 1.31 bits per heavy atom. The van der Waals surface area contributed by atoms with Gasteiger partial charge in [0.2, 0.25) is 5.91 Å². The third-order valence-electron chi connectivity index (χ3n) is 4.90. The molecule has 0 bridgehead atoms. The highest BCUT2D eigenvalue weighted by Gasteiger charge is 2.26. The smallest absolute Gasteiger partial charge is 0.264 e. The van der Waals surface area contributed by atoms with E-state index in [2.05, 4.69) is 5.32 Å². The lowest BCUT2D eigenvalue weighted by molar-refractivity contribution is -0.121. The minimum absolute atomic E-state index is 0.0385. The highest BCUT2D eigenvalue weighted by Crippen LogP contribution is 2.25. The molecule has 0 unspecified atom stereocenters. The summed E-state index contributed by atoms with van der Waals surface area (Å²) in [4.78, 5) is 27.6. The molecule has 2 amide bonds. The van der Waals surface area contributed by atoms with Crippen molar-refractivity contribution < 1.29 is 14.0 Å². The lowest BCUT2D eigenvalue weighted by Crippen LogP contribution is -2.40. The van der Waals surface area contributed by atoms with Gasteiger partial charge in [-0.1, -0.05) is 0 Å². The Hall–Kier alpha value is -2.08. The van der Waals surface area contributed by atoms with Gasteiger partial charge in [-0.15, -0.1) is 11.3 Å². The Bertz CT molecular complexity index is 765. The van der Waals surface area contributed by atoms with Crippen LogP contribution in [0.5, 0.6) is 0 Å². The highest BCUT2D eigenvalue weighted by molar-refractivity contribution is 7.12. The van der Waals surface area contributed by atoms with Crippen molar-refractivity contribution in [2.75, 3.05) is 13.1 Å². The Kier molecular flexibility index (Phi) is 6.14. The number of hydrogen-bond donors (Lipinski definition) is 1. The van der Waals surface area contributed by atoms with Crippen molar-refractivity contribution in [1.82, 2.24) is 10.2 Å². The van der Waals surface area contributed by atoms with Gasteiger partial charge in [0.15, 0.2) is 0 Å². The molecule has 2 aromatic rings. The zero-order valence-corrected chi connectivity index (χ0v) is 16.2. The number of nitrogens with zero attached hydrogens (tertiary/aromatic N) is 1. The van der Waals surface area contributed by atoms with Crippen molar-refractivity contribution in [3.05, 3.63) is 45.5 Å². The summed E-state index contributed by atoms with van der Waals surface area (Å²) in [6.07, 6.45) is 3.40. The minimum Gasteiger partial charge on any atom is -0.465 e. The molecular formula is C20H26N2O3S. The summed E-state index contributed by atoms with van der Waals surface area (Å²) in [7, 11) is 0. The number of piperidine rings is 1. The number of likely N-dealkylation sites (tertiary alicyclic amines) is 1. The van der Waals surface area contributed by atoms with E-state index < -0.39 is 0 Å². The van der Waals surface area contributed by atoms with Crippen LogP contribution in [0.25, 0.3) is 0 Å². The van der Waals surface area contributed by atoms with E-state index in [1.165, 1.54) is 11.3 Å². The van der Waals surface area contributed by atoms with E-state index in [1.807, 2.05) is 42.3 Å². The van der Waals surface area contributed by atoms with Crippen molar-refractivity contribution in [2.24, 2.45) is 5.92 Å². The molecule has 1 N–H and O–H groups in total. The van der Waals surface area contributed by atoms with Crippen LogP contribution in [0.2, 0.25) is 0 Å². The number of aryl methyl sites for hydroxylation is 2. The molecule has 1 aliphatic heterocycles. The zero-order valence-electron chi connectivity index (χ0n) is 15.4. The van der Waals surface area contributed by atoms with Crippen molar-refractivity contribution in [1.29, 1.82) is 0 Å². The molecule has 2 aromatic heterocycles. The molecule has 1 saturated heterocycles. The third-order valence-corrected chi connectivity index (χ3v) is 5.90. The van der Waals surface area contributed by atoms with E-state index >= 15 is 0 Å². The molecule has 0 aliphatic carbocycles. The van der Waals surface area contributed by atoms with Gasteiger partial charge < -0.3 is 14.6 Å². The fourth-order valence-electron chi connectivity index (χ4n) is 3.41. The monoisotopic (exact) mass is 374 g/mol. The fraction of sp³-hybridized carbons (Fsp3) is 0.500. The van der Waals surface area contributed by atoms with Gasteiger partial charge in [0.25, 0.3) is 5.91 Å². The highest BCUT2D eigenvalue weighted by atomic mass is 32.1. The summed E-state index contributed by atoms with van der Waals surface area (Å²) in [5, 5.41) is 4.87. The van der Waals surface area contributed by atoms with Crippen LogP contribution in [0.15, 0.2) is 28.0 Å². The number of furan rings is 1. The first-order valence-corrected chi connectivity index (χ1v) is 10.1. The van der Waals surface area contributed by atoms with E-state index in [-0.39, 0.29) is 11.8 Å². The van der Waals surface area contributed by atoms with Gasteiger partial charge in [-0.05, 0) is 68.2 Å². The number of amides is 2. The van der Waals surface area contributed by atoms with E-state index in [0.717, 1.165) is 54.3 Å². The second-order valence-electron chi connectivity index (χ2n) is 7.02. The van der Waals surface area contributed by atoms with Crippen LogP contribution >= 0.6 is 11.3 Å². The van der Waals surface area contributed by atoms with Gasteiger partial charge in [0, 0.05) is 19.5 Å². The first kappa shape index (κ1) is 18.7.